The number of hydrogen-bond donors (Lipinski definition) is 2. The number of hydrogen-bond acceptors (Lipinski definition) is 4. The summed E-state index contributed by atoms with van der Waals surface area (Å²) in [5.41, 5.74) is 1.89. The van der Waals surface area contributed by atoms with Crippen molar-refractivity contribution < 1.29 is 4.74 Å². The molecule has 6 nitrogen and oxygen atoms in total. The molecule has 0 bridgehead atoms. The second-order valence-corrected chi connectivity index (χ2v) is 4.42. The summed E-state index contributed by atoms with van der Waals surface area (Å²) in [6.07, 6.45) is 3.20. The summed E-state index contributed by atoms with van der Waals surface area (Å²) in [7, 11) is 0. The number of fused-ring (bicyclic) bond motifs is 1. The Kier molecular flexibility index (Phi) is 2.63. The van der Waals surface area contributed by atoms with Crippen LogP contribution in [0.5, 0.6) is 5.75 Å². The van der Waals surface area contributed by atoms with Gasteiger partial charge >= 0.3 is 0 Å². The van der Waals surface area contributed by atoms with Gasteiger partial charge < -0.3 is 19.6 Å². The van der Waals surface area contributed by atoms with Gasteiger partial charge in [0.05, 0.1) is 17.9 Å². The predicted octanol–water partition coefficient (Wildman–Crippen LogP) is 0.902. The van der Waals surface area contributed by atoms with Gasteiger partial charge in [0.2, 0.25) is 5.56 Å². The molecule has 0 saturated heterocycles. The number of H-pyrrole nitrogens is 2. The third-order valence-electron chi connectivity index (χ3n) is 3.11. The quantitative estimate of drug-likeness (QED) is 0.797. The molecule has 1 aliphatic heterocycles. The van der Waals surface area contributed by atoms with Crippen LogP contribution in [-0.4, -0.2) is 23.1 Å². The molecule has 3 heterocycles. The summed E-state index contributed by atoms with van der Waals surface area (Å²) < 4.78 is 5.50. The lowest BCUT2D eigenvalue weighted by Crippen LogP contribution is -2.30. The van der Waals surface area contributed by atoms with Gasteiger partial charge in [0.15, 0.2) is 5.75 Å². The van der Waals surface area contributed by atoms with Crippen molar-refractivity contribution in [2.24, 2.45) is 0 Å². The minimum atomic E-state index is -0.185. The Labute approximate surface area is 108 Å². The van der Waals surface area contributed by atoms with Gasteiger partial charge in [-0.05, 0) is 13.0 Å². The Balaban J connectivity index is 2.12. The maximum atomic E-state index is 11.4. The molecule has 0 radical (unpaired) electrons. The lowest BCUT2D eigenvalue weighted by molar-refractivity contribution is 0.312. The van der Waals surface area contributed by atoms with E-state index in [9.17, 15) is 9.59 Å². The van der Waals surface area contributed by atoms with E-state index in [-0.39, 0.29) is 11.1 Å². The van der Waals surface area contributed by atoms with E-state index in [4.69, 9.17) is 4.74 Å². The topological polar surface area (TPSA) is 78.2 Å². The van der Waals surface area contributed by atoms with Gasteiger partial charge in [-0.15, -0.1) is 0 Å². The molecule has 19 heavy (non-hydrogen) atoms. The predicted molar refractivity (Wildman–Crippen MR) is 71.4 cm³/mol. The second-order valence-electron chi connectivity index (χ2n) is 4.42. The number of rotatable bonds is 1. The van der Waals surface area contributed by atoms with E-state index >= 15 is 0 Å². The largest absolute Gasteiger partial charge is 0.488 e. The number of aromatic nitrogens is 2. The first-order valence-electron chi connectivity index (χ1n) is 5.97. The van der Waals surface area contributed by atoms with Crippen molar-refractivity contribution in [2.75, 3.05) is 18.1 Å². The van der Waals surface area contributed by atoms with Gasteiger partial charge in [-0.1, -0.05) is 0 Å². The van der Waals surface area contributed by atoms with Crippen LogP contribution in [0.25, 0.3) is 0 Å². The van der Waals surface area contributed by atoms with Gasteiger partial charge in [-0.25, -0.2) is 0 Å². The number of anilines is 2. The Hall–Kier alpha value is -2.50. The van der Waals surface area contributed by atoms with Crippen molar-refractivity contribution in [1.29, 1.82) is 0 Å². The minimum absolute atomic E-state index is 0.108. The zero-order valence-corrected chi connectivity index (χ0v) is 10.4. The molecule has 98 valence electrons. The third-order valence-corrected chi connectivity index (χ3v) is 3.11. The fraction of sp³-hybridized carbons (Fsp3) is 0.231. The molecule has 0 aromatic carbocycles. The molecular weight excluding hydrogens is 246 g/mol. The highest BCUT2D eigenvalue weighted by molar-refractivity contribution is 5.69. The SMILES string of the molecule is Cc1cc(N2CCOc3c[nH]c(=O)cc32)c[nH]c1=O. The number of aromatic amines is 2. The number of nitrogens with one attached hydrogen (secondary N) is 2. The maximum Gasteiger partial charge on any atom is 0.250 e. The molecule has 0 spiro atoms. The van der Waals surface area contributed by atoms with E-state index in [1.165, 1.54) is 6.07 Å². The molecule has 6 heteroatoms. The third kappa shape index (κ3) is 2.01. The molecule has 2 aromatic rings. The summed E-state index contributed by atoms with van der Waals surface area (Å²) in [4.78, 5) is 30.1. The molecule has 0 amide bonds. The maximum absolute atomic E-state index is 11.4. The van der Waals surface area contributed by atoms with E-state index in [0.29, 0.717) is 30.2 Å². The normalized spacial score (nSPS) is 13.8. The van der Waals surface area contributed by atoms with E-state index in [1.807, 2.05) is 4.90 Å². The van der Waals surface area contributed by atoms with E-state index in [0.717, 1.165) is 5.69 Å². The number of aryl methyl sites for hydroxylation is 1. The van der Waals surface area contributed by atoms with Crippen LogP contribution in [0.3, 0.4) is 0 Å². The van der Waals surface area contributed by atoms with E-state index in [2.05, 4.69) is 9.97 Å². The molecule has 0 atom stereocenters. The van der Waals surface area contributed by atoms with Crippen LogP contribution in [0.2, 0.25) is 0 Å². The van der Waals surface area contributed by atoms with E-state index < -0.39 is 0 Å². The molecule has 1 aliphatic rings. The summed E-state index contributed by atoms with van der Waals surface area (Å²) in [6.45, 7) is 2.90. The molecule has 0 saturated carbocycles. The molecule has 2 N–H and O–H groups in total. The Bertz CT molecular complexity index is 732. The van der Waals surface area contributed by atoms with Crippen LogP contribution in [0.15, 0.2) is 34.1 Å². The van der Waals surface area contributed by atoms with Crippen LogP contribution < -0.4 is 20.8 Å². The summed E-state index contributed by atoms with van der Waals surface area (Å²) in [5.74, 6) is 0.634. The number of ether oxygens (including phenoxy) is 1. The van der Waals surface area contributed by atoms with Gasteiger partial charge in [0, 0.05) is 24.0 Å². The first kappa shape index (κ1) is 11.6. The molecule has 3 rings (SSSR count). The van der Waals surface area contributed by atoms with Crippen LogP contribution in [0.4, 0.5) is 11.4 Å². The highest BCUT2D eigenvalue weighted by atomic mass is 16.5. The minimum Gasteiger partial charge on any atom is -0.488 e. The molecule has 2 aromatic heterocycles. The van der Waals surface area contributed by atoms with Crippen molar-refractivity contribution in [3.05, 3.63) is 50.8 Å². The average Bonchev–Trinajstić information content (AvgIpc) is 2.41. The number of nitrogens with zero attached hydrogens (tertiary/aromatic N) is 1. The van der Waals surface area contributed by atoms with Gasteiger partial charge in [0.25, 0.3) is 5.56 Å². The van der Waals surface area contributed by atoms with Crippen molar-refractivity contribution in [2.45, 2.75) is 6.92 Å². The molecular formula is C13H13N3O3. The Morgan fingerprint density at radius 3 is 2.84 bits per heavy atom. The lowest BCUT2D eigenvalue weighted by atomic mass is 10.2. The lowest BCUT2D eigenvalue weighted by Gasteiger charge is -2.30. The van der Waals surface area contributed by atoms with Gasteiger partial charge in [-0.3, -0.25) is 9.59 Å². The van der Waals surface area contributed by atoms with Crippen molar-refractivity contribution >= 4 is 11.4 Å². The van der Waals surface area contributed by atoms with Crippen molar-refractivity contribution in [3.63, 3.8) is 0 Å². The standard InChI is InChI=1S/C13H13N3O3/c1-8-4-9(6-15-13(8)18)16-2-3-19-11-7-14-12(17)5-10(11)16/h4-7H,2-3H2,1H3,(H,14,17)(H,15,18). The molecule has 0 unspecified atom stereocenters. The Morgan fingerprint density at radius 1 is 1.21 bits per heavy atom. The first-order valence-corrected chi connectivity index (χ1v) is 5.97. The van der Waals surface area contributed by atoms with Crippen LogP contribution >= 0.6 is 0 Å². The van der Waals surface area contributed by atoms with Crippen molar-refractivity contribution in [1.82, 2.24) is 9.97 Å². The van der Waals surface area contributed by atoms with Gasteiger partial charge in [-0.2, -0.15) is 0 Å². The zero-order valence-electron chi connectivity index (χ0n) is 10.4. The van der Waals surface area contributed by atoms with Crippen LogP contribution in [0, 0.1) is 6.92 Å². The summed E-state index contributed by atoms with van der Waals surface area (Å²) in [6, 6.07) is 3.30. The first-order chi connectivity index (χ1) is 9.15. The average molecular weight is 259 g/mol. The highest BCUT2D eigenvalue weighted by Crippen LogP contribution is 2.34. The fourth-order valence-electron chi connectivity index (χ4n) is 2.15. The summed E-state index contributed by atoms with van der Waals surface area (Å²) >= 11 is 0. The molecule has 0 aliphatic carbocycles. The Morgan fingerprint density at radius 2 is 2.05 bits per heavy atom. The zero-order chi connectivity index (χ0) is 13.4. The van der Waals surface area contributed by atoms with Crippen molar-refractivity contribution in [3.8, 4) is 5.75 Å². The monoisotopic (exact) mass is 259 g/mol. The second kappa shape index (κ2) is 4.31. The van der Waals surface area contributed by atoms with Crippen LogP contribution in [-0.2, 0) is 0 Å². The summed E-state index contributed by atoms with van der Waals surface area (Å²) in [5, 5.41) is 0. The van der Waals surface area contributed by atoms with E-state index in [1.54, 1.807) is 25.4 Å². The number of pyridine rings is 2. The smallest absolute Gasteiger partial charge is 0.250 e. The van der Waals surface area contributed by atoms with Gasteiger partial charge in [0.1, 0.15) is 6.61 Å². The highest BCUT2D eigenvalue weighted by Gasteiger charge is 2.20. The van der Waals surface area contributed by atoms with Crippen LogP contribution in [0.1, 0.15) is 5.56 Å². The fourth-order valence-corrected chi connectivity index (χ4v) is 2.15. The molecule has 0 fully saturated rings.